The second-order valence-electron chi connectivity index (χ2n) is 5.27. The van der Waals surface area contributed by atoms with E-state index in [2.05, 4.69) is 42.5 Å². The molecule has 1 heteroatoms. The molecule has 0 saturated carbocycles. The van der Waals surface area contributed by atoms with Crippen LogP contribution in [0.15, 0.2) is 42.5 Å². The molecular weight excluding hydrogens is 232 g/mol. The van der Waals surface area contributed by atoms with Crippen molar-refractivity contribution < 1.29 is 4.74 Å². The van der Waals surface area contributed by atoms with Gasteiger partial charge in [0, 0.05) is 6.42 Å². The number of aryl methyl sites for hydroxylation is 1. The van der Waals surface area contributed by atoms with Gasteiger partial charge in [0.25, 0.3) is 0 Å². The zero-order valence-corrected chi connectivity index (χ0v) is 11.5. The van der Waals surface area contributed by atoms with Gasteiger partial charge in [-0.25, -0.2) is 0 Å². The second kappa shape index (κ2) is 5.48. The molecule has 2 aromatic rings. The van der Waals surface area contributed by atoms with E-state index in [1.807, 2.05) is 0 Å². The molecule has 0 amide bonds. The largest absolute Gasteiger partial charge is 0.496 e. The molecule has 0 spiro atoms. The first-order chi connectivity index (χ1) is 9.38. The van der Waals surface area contributed by atoms with Crippen molar-refractivity contribution in [1.29, 1.82) is 0 Å². The van der Waals surface area contributed by atoms with Gasteiger partial charge in [-0.3, -0.25) is 0 Å². The summed E-state index contributed by atoms with van der Waals surface area (Å²) in [4.78, 5) is 0. The number of methoxy groups -OCH3 is 1. The SMILES string of the molecule is COc1c(Cc2ccccc2)ccc2c1CCCC2. The van der Waals surface area contributed by atoms with E-state index >= 15 is 0 Å². The first-order valence-corrected chi connectivity index (χ1v) is 7.10. The molecule has 1 nitrogen and oxygen atoms in total. The Labute approximate surface area is 115 Å². The van der Waals surface area contributed by atoms with Crippen molar-refractivity contribution in [2.24, 2.45) is 0 Å². The molecule has 3 rings (SSSR count). The Hall–Kier alpha value is -1.76. The standard InChI is InChI=1S/C18H20O/c1-19-18-16(13-14-7-3-2-4-8-14)12-11-15-9-5-6-10-17(15)18/h2-4,7-8,11-12H,5-6,9-10,13H2,1H3. The minimum absolute atomic E-state index is 0.956. The van der Waals surface area contributed by atoms with Crippen molar-refractivity contribution in [3.05, 3.63) is 64.7 Å². The van der Waals surface area contributed by atoms with E-state index in [0.29, 0.717) is 0 Å². The van der Waals surface area contributed by atoms with Crippen LogP contribution in [0.2, 0.25) is 0 Å². The lowest BCUT2D eigenvalue weighted by molar-refractivity contribution is 0.402. The van der Waals surface area contributed by atoms with Crippen LogP contribution in [0.3, 0.4) is 0 Å². The molecule has 1 aliphatic rings. The maximum atomic E-state index is 5.72. The molecule has 98 valence electrons. The lowest BCUT2D eigenvalue weighted by atomic mass is 9.88. The topological polar surface area (TPSA) is 9.23 Å². The average molecular weight is 252 g/mol. The molecule has 19 heavy (non-hydrogen) atoms. The van der Waals surface area contributed by atoms with Crippen molar-refractivity contribution >= 4 is 0 Å². The maximum absolute atomic E-state index is 5.72. The van der Waals surface area contributed by atoms with Gasteiger partial charge >= 0.3 is 0 Å². The Bertz CT molecular complexity index is 557. The number of rotatable bonds is 3. The Morgan fingerprint density at radius 3 is 2.53 bits per heavy atom. The molecule has 0 heterocycles. The lowest BCUT2D eigenvalue weighted by Gasteiger charge is -2.21. The Balaban J connectivity index is 1.97. The highest BCUT2D eigenvalue weighted by molar-refractivity contribution is 5.49. The summed E-state index contributed by atoms with van der Waals surface area (Å²) < 4.78 is 5.72. The van der Waals surface area contributed by atoms with Crippen LogP contribution >= 0.6 is 0 Å². The third kappa shape index (κ3) is 2.51. The molecule has 0 aliphatic heterocycles. The highest BCUT2D eigenvalue weighted by atomic mass is 16.5. The Kier molecular flexibility index (Phi) is 3.54. The number of benzene rings is 2. The highest BCUT2D eigenvalue weighted by Gasteiger charge is 2.17. The van der Waals surface area contributed by atoms with Gasteiger partial charge in [0.15, 0.2) is 0 Å². The van der Waals surface area contributed by atoms with Gasteiger partial charge in [0.2, 0.25) is 0 Å². The van der Waals surface area contributed by atoms with Gasteiger partial charge in [-0.2, -0.15) is 0 Å². The monoisotopic (exact) mass is 252 g/mol. The number of hydrogen-bond donors (Lipinski definition) is 0. The molecule has 0 saturated heterocycles. The van der Waals surface area contributed by atoms with Crippen LogP contribution in [-0.2, 0) is 19.3 Å². The lowest BCUT2D eigenvalue weighted by Crippen LogP contribution is -2.07. The summed E-state index contributed by atoms with van der Waals surface area (Å²) >= 11 is 0. The molecule has 0 bridgehead atoms. The minimum Gasteiger partial charge on any atom is -0.496 e. The van der Waals surface area contributed by atoms with Gasteiger partial charge in [-0.1, -0.05) is 42.5 Å². The summed E-state index contributed by atoms with van der Waals surface area (Å²) in [6.07, 6.45) is 5.93. The second-order valence-corrected chi connectivity index (χ2v) is 5.27. The third-order valence-electron chi connectivity index (χ3n) is 4.00. The van der Waals surface area contributed by atoms with Crippen LogP contribution in [0, 0.1) is 0 Å². The van der Waals surface area contributed by atoms with E-state index in [9.17, 15) is 0 Å². The minimum atomic E-state index is 0.956. The fourth-order valence-electron chi connectivity index (χ4n) is 3.05. The van der Waals surface area contributed by atoms with Crippen molar-refractivity contribution in [2.75, 3.05) is 7.11 Å². The van der Waals surface area contributed by atoms with Gasteiger partial charge < -0.3 is 4.74 Å². The highest BCUT2D eigenvalue weighted by Crippen LogP contribution is 2.33. The molecule has 0 aromatic heterocycles. The quantitative estimate of drug-likeness (QED) is 0.797. The smallest absolute Gasteiger partial charge is 0.125 e. The predicted octanol–water partition coefficient (Wildman–Crippen LogP) is 4.16. The van der Waals surface area contributed by atoms with Crippen LogP contribution in [0.1, 0.15) is 35.1 Å². The fraction of sp³-hybridized carbons (Fsp3) is 0.333. The third-order valence-corrected chi connectivity index (χ3v) is 4.00. The summed E-state index contributed by atoms with van der Waals surface area (Å²) in [5.41, 5.74) is 5.59. The molecular formula is C18H20O. The van der Waals surface area contributed by atoms with Crippen LogP contribution in [-0.4, -0.2) is 7.11 Å². The number of hydrogen-bond acceptors (Lipinski definition) is 1. The first-order valence-electron chi connectivity index (χ1n) is 7.10. The fourth-order valence-corrected chi connectivity index (χ4v) is 3.05. The zero-order valence-electron chi connectivity index (χ0n) is 11.5. The maximum Gasteiger partial charge on any atom is 0.125 e. The summed E-state index contributed by atoms with van der Waals surface area (Å²) in [5.74, 6) is 1.13. The van der Waals surface area contributed by atoms with Crippen LogP contribution in [0.25, 0.3) is 0 Å². The van der Waals surface area contributed by atoms with Gasteiger partial charge in [-0.05, 0) is 47.9 Å². The van der Waals surface area contributed by atoms with Crippen molar-refractivity contribution in [1.82, 2.24) is 0 Å². The Morgan fingerprint density at radius 1 is 0.947 bits per heavy atom. The van der Waals surface area contributed by atoms with Crippen molar-refractivity contribution in [3.63, 3.8) is 0 Å². The normalized spacial score (nSPS) is 13.9. The van der Waals surface area contributed by atoms with Gasteiger partial charge in [-0.15, -0.1) is 0 Å². The summed E-state index contributed by atoms with van der Waals surface area (Å²) in [5, 5.41) is 0. The van der Waals surface area contributed by atoms with Crippen LogP contribution in [0.4, 0.5) is 0 Å². The molecule has 0 atom stereocenters. The van der Waals surface area contributed by atoms with E-state index in [1.54, 1.807) is 7.11 Å². The van der Waals surface area contributed by atoms with E-state index in [0.717, 1.165) is 12.2 Å². The van der Waals surface area contributed by atoms with Crippen LogP contribution < -0.4 is 4.74 Å². The summed E-state index contributed by atoms with van der Waals surface area (Å²) in [6, 6.07) is 15.2. The number of ether oxygens (including phenoxy) is 1. The van der Waals surface area contributed by atoms with E-state index < -0.39 is 0 Å². The van der Waals surface area contributed by atoms with Gasteiger partial charge in [0.05, 0.1) is 7.11 Å². The summed E-state index contributed by atoms with van der Waals surface area (Å²) in [7, 11) is 1.80. The Morgan fingerprint density at radius 2 is 1.74 bits per heavy atom. The zero-order chi connectivity index (χ0) is 13.1. The average Bonchev–Trinajstić information content (AvgIpc) is 2.48. The van der Waals surface area contributed by atoms with E-state index in [-0.39, 0.29) is 0 Å². The molecule has 0 radical (unpaired) electrons. The molecule has 2 aromatic carbocycles. The summed E-state index contributed by atoms with van der Waals surface area (Å²) in [6.45, 7) is 0. The molecule has 0 fully saturated rings. The molecule has 1 aliphatic carbocycles. The number of fused-ring (bicyclic) bond motifs is 1. The molecule has 0 unspecified atom stereocenters. The predicted molar refractivity (Wildman–Crippen MR) is 78.9 cm³/mol. The van der Waals surface area contributed by atoms with Crippen LogP contribution in [0.5, 0.6) is 5.75 Å². The molecule has 0 N–H and O–H groups in total. The van der Waals surface area contributed by atoms with E-state index in [1.165, 1.54) is 47.9 Å². The van der Waals surface area contributed by atoms with Gasteiger partial charge in [0.1, 0.15) is 5.75 Å². The first kappa shape index (κ1) is 12.3. The van der Waals surface area contributed by atoms with Crippen molar-refractivity contribution in [3.8, 4) is 5.75 Å². The van der Waals surface area contributed by atoms with Crippen molar-refractivity contribution in [2.45, 2.75) is 32.1 Å². The van der Waals surface area contributed by atoms with E-state index in [4.69, 9.17) is 4.74 Å².